The lowest BCUT2D eigenvalue weighted by molar-refractivity contribution is 0.658. The highest BCUT2D eigenvalue weighted by Gasteiger charge is 2.35. The molecule has 0 unspecified atom stereocenters. The maximum absolute atomic E-state index is 6.10. The molecule has 0 N–H and O–H groups in total. The Balaban J connectivity index is 1.92. The minimum absolute atomic E-state index is 0.0101. The van der Waals surface area contributed by atoms with Crippen LogP contribution in [0.2, 0.25) is 5.02 Å². The van der Waals surface area contributed by atoms with E-state index in [1.54, 1.807) is 0 Å². The third-order valence-electron chi connectivity index (χ3n) is 5.14. The van der Waals surface area contributed by atoms with Gasteiger partial charge in [-0.1, -0.05) is 49.7 Å². The Morgan fingerprint density at radius 3 is 2.43 bits per heavy atom. The fourth-order valence-corrected chi connectivity index (χ4v) is 4.11. The van der Waals surface area contributed by atoms with Gasteiger partial charge in [-0.2, -0.15) is 0 Å². The van der Waals surface area contributed by atoms with Gasteiger partial charge in [-0.25, -0.2) is 0 Å². The Morgan fingerprint density at radius 1 is 0.783 bits per heavy atom. The van der Waals surface area contributed by atoms with Crippen molar-refractivity contribution in [1.29, 1.82) is 0 Å². The Morgan fingerprint density at radius 2 is 1.57 bits per heavy atom. The predicted octanol–water partition coefficient (Wildman–Crippen LogP) is 6.55. The number of halogens is 1. The molecule has 1 aromatic heterocycles. The zero-order chi connectivity index (χ0) is 15.8. The van der Waals surface area contributed by atoms with Crippen LogP contribution in [0.4, 0.5) is 0 Å². The van der Waals surface area contributed by atoms with E-state index in [9.17, 15) is 0 Å². The summed E-state index contributed by atoms with van der Waals surface area (Å²) in [5, 5.41) is 2.99. The van der Waals surface area contributed by atoms with Gasteiger partial charge < -0.3 is 4.42 Å². The van der Waals surface area contributed by atoms with E-state index in [1.165, 1.54) is 22.3 Å². The standard InChI is InChI=1S/C21H15ClO/c1-21(2)17-6-4-3-5-13(17)15-11-20-16(10-18(15)21)14-8-7-12(22)9-19(14)23-20/h3-11H,1-2H3. The second-order valence-corrected chi connectivity index (χ2v) is 7.24. The Kier molecular flexibility index (Phi) is 2.40. The van der Waals surface area contributed by atoms with Gasteiger partial charge in [0.05, 0.1) is 0 Å². The van der Waals surface area contributed by atoms with E-state index >= 15 is 0 Å². The summed E-state index contributed by atoms with van der Waals surface area (Å²) in [6.07, 6.45) is 0. The maximum atomic E-state index is 6.10. The van der Waals surface area contributed by atoms with Gasteiger partial charge in [-0.3, -0.25) is 0 Å². The summed E-state index contributed by atoms with van der Waals surface area (Å²) in [7, 11) is 0. The second-order valence-electron chi connectivity index (χ2n) is 6.81. The lowest BCUT2D eigenvalue weighted by Crippen LogP contribution is -2.14. The van der Waals surface area contributed by atoms with Crippen LogP contribution in [-0.2, 0) is 5.41 Å². The lowest BCUT2D eigenvalue weighted by Gasteiger charge is -2.21. The van der Waals surface area contributed by atoms with Crippen molar-refractivity contribution in [2.24, 2.45) is 0 Å². The van der Waals surface area contributed by atoms with E-state index in [2.05, 4.69) is 50.2 Å². The molecule has 3 aromatic carbocycles. The van der Waals surface area contributed by atoms with Gasteiger partial charge in [0, 0.05) is 27.3 Å². The largest absolute Gasteiger partial charge is 0.456 e. The van der Waals surface area contributed by atoms with Crippen LogP contribution in [0.1, 0.15) is 25.0 Å². The molecule has 0 saturated heterocycles. The molecule has 5 rings (SSSR count). The number of hydrogen-bond acceptors (Lipinski definition) is 1. The number of furan rings is 1. The van der Waals surface area contributed by atoms with Crippen molar-refractivity contribution in [2.45, 2.75) is 19.3 Å². The fourth-order valence-electron chi connectivity index (χ4n) is 3.94. The first-order valence-electron chi connectivity index (χ1n) is 7.82. The van der Waals surface area contributed by atoms with Crippen LogP contribution in [0, 0.1) is 0 Å². The average molecular weight is 319 g/mol. The summed E-state index contributed by atoms with van der Waals surface area (Å²) < 4.78 is 6.06. The molecule has 4 aromatic rings. The highest BCUT2D eigenvalue weighted by Crippen LogP contribution is 2.50. The van der Waals surface area contributed by atoms with E-state index in [4.69, 9.17) is 16.0 Å². The van der Waals surface area contributed by atoms with Gasteiger partial charge in [-0.05, 0) is 46.5 Å². The van der Waals surface area contributed by atoms with E-state index in [1.807, 2.05) is 18.2 Å². The summed E-state index contributed by atoms with van der Waals surface area (Å²) >= 11 is 6.10. The normalized spacial score (nSPS) is 15.1. The summed E-state index contributed by atoms with van der Waals surface area (Å²) in [5.74, 6) is 0. The molecular formula is C21H15ClO. The minimum atomic E-state index is 0.0101. The molecule has 0 amide bonds. The number of rotatable bonds is 0. The van der Waals surface area contributed by atoms with Gasteiger partial charge >= 0.3 is 0 Å². The molecule has 1 aliphatic carbocycles. The topological polar surface area (TPSA) is 13.1 Å². The molecular weight excluding hydrogens is 304 g/mol. The van der Waals surface area contributed by atoms with Crippen molar-refractivity contribution in [3.8, 4) is 11.1 Å². The van der Waals surface area contributed by atoms with Crippen LogP contribution in [0.25, 0.3) is 33.1 Å². The molecule has 0 bridgehead atoms. The number of benzene rings is 3. The van der Waals surface area contributed by atoms with Crippen LogP contribution in [0.15, 0.2) is 59.0 Å². The monoisotopic (exact) mass is 318 g/mol. The third kappa shape index (κ3) is 1.63. The average Bonchev–Trinajstić information content (AvgIpc) is 2.99. The quantitative estimate of drug-likeness (QED) is 0.358. The molecule has 0 radical (unpaired) electrons. The summed E-state index contributed by atoms with van der Waals surface area (Å²) in [4.78, 5) is 0. The number of hydrogen-bond donors (Lipinski definition) is 0. The van der Waals surface area contributed by atoms with Crippen molar-refractivity contribution in [2.75, 3.05) is 0 Å². The molecule has 2 heteroatoms. The Bertz CT molecular complexity index is 1100. The molecule has 23 heavy (non-hydrogen) atoms. The van der Waals surface area contributed by atoms with E-state index in [-0.39, 0.29) is 5.41 Å². The molecule has 1 nitrogen and oxygen atoms in total. The zero-order valence-corrected chi connectivity index (χ0v) is 13.7. The van der Waals surface area contributed by atoms with E-state index < -0.39 is 0 Å². The van der Waals surface area contributed by atoms with E-state index in [0.717, 1.165) is 21.9 Å². The van der Waals surface area contributed by atoms with Crippen LogP contribution < -0.4 is 0 Å². The molecule has 0 fully saturated rings. The van der Waals surface area contributed by atoms with Crippen molar-refractivity contribution in [1.82, 2.24) is 0 Å². The third-order valence-corrected chi connectivity index (χ3v) is 5.37. The first-order valence-corrected chi connectivity index (χ1v) is 8.20. The highest BCUT2D eigenvalue weighted by molar-refractivity contribution is 6.31. The summed E-state index contributed by atoms with van der Waals surface area (Å²) in [6, 6.07) is 19.0. The van der Waals surface area contributed by atoms with Crippen LogP contribution >= 0.6 is 11.6 Å². The molecule has 0 atom stereocenters. The first kappa shape index (κ1) is 13.2. The summed E-state index contributed by atoms with van der Waals surface area (Å²) in [6.45, 7) is 4.59. The first-order chi connectivity index (χ1) is 11.1. The van der Waals surface area contributed by atoms with Gasteiger partial charge in [0.2, 0.25) is 0 Å². The second kappa shape index (κ2) is 4.18. The Labute approximate surface area is 139 Å². The van der Waals surface area contributed by atoms with E-state index in [0.29, 0.717) is 5.02 Å². The van der Waals surface area contributed by atoms with Gasteiger partial charge in [0.1, 0.15) is 11.2 Å². The molecule has 0 saturated carbocycles. The van der Waals surface area contributed by atoms with Crippen molar-refractivity contribution in [3.63, 3.8) is 0 Å². The molecule has 0 spiro atoms. The van der Waals surface area contributed by atoms with Crippen LogP contribution in [0.5, 0.6) is 0 Å². The fraction of sp³-hybridized carbons (Fsp3) is 0.143. The lowest BCUT2D eigenvalue weighted by atomic mass is 9.82. The summed E-state index contributed by atoms with van der Waals surface area (Å²) in [5.41, 5.74) is 7.13. The van der Waals surface area contributed by atoms with Crippen LogP contribution in [-0.4, -0.2) is 0 Å². The predicted molar refractivity (Wildman–Crippen MR) is 96.3 cm³/mol. The maximum Gasteiger partial charge on any atom is 0.136 e. The minimum Gasteiger partial charge on any atom is -0.456 e. The molecule has 1 aliphatic rings. The Hall–Kier alpha value is -2.25. The van der Waals surface area contributed by atoms with Crippen molar-refractivity contribution in [3.05, 3.63) is 70.7 Å². The van der Waals surface area contributed by atoms with Gasteiger partial charge in [0.25, 0.3) is 0 Å². The highest BCUT2D eigenvalue weighted by atomic mass is 35.5. The van der Waals surface area contributed by atoms with Crippen molar-refractivity contribution >= 4 is 33.5 Å². The zero-order valence-electron chi connectivity index (χ0n) is 13.0. The smallest absolute Gasteiger partial charge is 0.136 e. The molecule has 0 aliphatic heterocycles. The molecule has 112 valence electrons. The molecule has 1 heterocycles. The number of fused-ring (bicyclic) bond motifs is 6. The van der Waals surface area contributed by atoms with Crippen molar-refractivity contribution < 1.29 is 4.42 Å². The van der Waals surface area contributed by atoms with Crippen LogP contribution in [0.3, 0.4) is 0 Å². The van der Waals surface area contributed by atoms with Gasteiger partial charge in [-0.15, -0.1) is 0 Å². The van der Waals surface area contributed by atoms with Gasteiger partial charge in [0.15, 0.2) is 0 Å². The SMILES string of the molecule is CC1(C)c2ccccc2-c2cc3oc4cc(Cl)ccc4c3cc21.